The minimum atomic E-state index is -0.315. The molecule has 0 aliphatic heterocycles. The molecule has 0 aliphatic rings. The number of carbonyl (C=O) groups is 1. The first-order valence-corrected chi connectivity index (χ1v) is 9.92. The third-order valence-electron chi connectivity index (χ3n) is 3.52. The molecule has 0 radical (unpaired) electrons. The zero-order chi connectivity index (χ0) is 17.8. The molecular weight excluding hydrogens is 376 g/mol. The van der Waals surface area contributed by atoms with E-state index >= 15 is 0 Å². The Morgan fingerprint density at radius 2 is 2.20 bits per heavy atom. The number of anilines is 1. The van der Waals surface area contributed by atoms with Crippen LogP contribution in [0, 0.1) is 0 Å². The zero-order valence-corrected chi connectivity index (χ0v) is 16.2. The van der Waals surface area contributed by atoms with Crippen molar-refractivity contribution < 1.29 is 4.79 Å². The van der Waals surface area contributed by atoms with E-state index in [1.54, 1.807) is 29.5 Å². The van der Waals surface area contributed by atoms with Crippen molar-refractivity contribution in [1.29, 1.82) is 0 Å². The highest BCUT2D eigenvalue weighted by Crippen LogP contribution is 2.29. The Hall–Kier alpha value is -1.83. The first-order valence-electron chi connectivity index (χ1n) is 7.78. The van der Waals surface area contributed by atoms with Gasteiger partial charge in [-0.05, 0) is 43.5 Å². The second kappa shape index (κ2) is 8.03. The molecule has 3 rings (SSSR count). The van der Waals surface area contributed by atoms with E-state index in [1.165, 1.54) is 11.8 Å². The lowest BCUT2D eigenvalue weighted by molar-refractivity contribution is -0.115. The minimum Gasteiger partial charge on any atom is -0.325 e. The Bertz CT molecular complexity index is 863. The molecule has 0 spiro atoms. The molecule has 1 atom stereocenters. The third-order valence-corrected chi connectivity index (χ3v) is 5.70. The summed E-state index contributed by atoms with van der Waals surface area (Å²) in [6.07, 6.45) is 0. The Kier molecular flexibility index (Phi) is 5.78. The predicted molar refractivity (Wildman–Crippen MR) is 104 cm³/mol. The van der Waals surface area contributed by atoms with Crippen molar-refractivity contribution in [3.8, 4) is 10.7 Å². The Balaban J connectivity index is 1.72. The highest BCUT2D eigenvalue weighted by Gasteiger charge is 2.20. The molecule has 3 aromatic rings. The molecule has 1 amide bonds. The van der Waals surface area contributed by atoms with Crippen LogP contribution in [0.2, 0.25) is 5.02 Å². The van der Waals surface area contributed by atoms with Crippen LogP contribution in [-0.2, 0) is 11.3 Å². The molecule has 0 fully saturated rings. The summed E-state index contributed by atoms with van der Waals surface area (Å²) in [6.45, 7) is 4.64. The maximum absolute atomic E-state index is 12.4. The normalized spacial score (nSPS) is 12.1. The van der Waals surface area contributed by atoms with Gasteiger partial charge < -0.3 is 9.88 Å². The number of benzene rings is 1. The largest absolute Gasteiger partial charge is 0.325 e. The number of nitrogens with one attached hydrogen (secondary N) is 1. The van der Waals surface area contributed by atoms with Crippen LogP contribution < -0.4 is 5.32 Å². The van der Waals surface area contributed by atoms with Crippen LogP contribution >= 0.6 is 34.7 Å². The van der Waals surface area contributed by atoms with Gasteiger partial charge in [0.2, 0.25) is 5.91 Å². The number of aromatic nitrogens is 3. The standard InChI is InChI=1S/C17H17ClN4OS2/c1-3-22-15(14-8-5-9-24-14)20-21-17(22)25-11(2)16(23)19-13-7-4-6-12(18)10-13/h4-11H,3H2,1-2H3,(H,19,23). The molecule has 0 aliphatic carbocycles. The minimum absolute atomic E-state index is 0.101. The van der Waals surface area contributed by atoms with E-state index in [9.17, 15) is 4.79 Å². The second-order valence-corrected chi connectivity index (χ2v) is 7.98. The summed E-state index contributed by atoms with van der Waals surface area (Å²) >= 11 is 8.97. The van der Waals surface area contributed by atoms with Crippen molar-refractivity contribution in [1.82, 2.24) is 14.8 Å². The fourth-order valence-corrected chi connectivity index (χ4v) is 4.09. The number of hydrogen-bond acceptors (Lipinski definition) is 5. The summed E-state index contributed by atoms with van der Waals surface area (Å²) in [7, 11) is 0. The van der Waals surface area contributed by atoms with Crippen LogP contribution in [0.4, 0.5) is 5.69 Å². The maximum atomic E-state index is 12.4. The van der Waals surface area contributed by atoms with Gasteiger partial charge in [-0.3, -0.25) is 4.79 Å². The number of rotatable bonds is 6. The first kappa shape index (κ1) is 18.0. The van der Waals surface area contributed by atoms with E-state index in [4.69, 9.17) is 11.6 Å². The van der Waals surface area contributed by atoms with Gasteiger partial charge in [0.1, 0.15) is 0 Å². The molecule has 25 heavy (non-hydrogen) atoms. The number of carbonyl (C=O) groups excluding carboxylic acids is 1. The highest BCUT2D eigenvalue weighted by molar-refractivity contribution is 8.00. The molecule has 0 saturated carbocycles. The Morgan fingerprint density at radius 1 is 1.36 bits per heavy atom. The highest BCUT2D eigenvalue weighted by atomic mass is 35.5. The van der Waals surface area contributed by atoms with Crippen LogP contribution in [-0.4, -0.2) is 25.9 Å². The summed E-state index contributed by atoms with van der Waals surface area (Å²) in [6, 6.07) is 11.1. The number of amides is 1. The van der Waals surface area contributed by atoms with Crippen molar-refractivity contribution in [3.05, 3.63) is 46.8 Å². The molecule has 2 aromatic heterocycles. The van der Waals surface area contributed by atoms with Crippen LogP contribution in [0.5, 0.6) is 0 Å². The van der Waals surface area contributed by atoms with Gasteiger partial charge in [0.25, 0.3) is 0 Å². The lowest BCUT2D eigenvalue weighted by Gasteiger charge is -2.12. The number of thioether (sulfide) groups is 1. The average molecular weight is 393 g/mol. The predicted octanol–water partition coefficient (Wildman–Crippen LogP) is 4.80. The van der Waals surface area contributed by atoms with Crippen LogP contribution in [0.3, 0.4) is 0 Å². The molecule has 130 valence electrons. The molecule has 5 nitrogen and oxygen atoms in total. The summed E-state index contributed by atoms with van der Waals surface area (Å²) in [4.78, 5) is 13.5. The van der Waals surface area contributed by atoms with Gasteiger partial charge in [0.05, 0.1) is 10.1 Å². The fraction of sp³-hybridized carbons (Fsp3) is 0.235. The van der Waals surface area contributed by atoms with Crippen LogP contribution in [0.25, 0.3) is 10.7 Å². The van der Waals surface area contributed by atoms with Gasteiger partial charge in [-0.2, -0.15) is 0 Å². The molecule has 0 saturated heterocycles. The monoisotopic (exact) mass is 392 g/mol. The maximum Gasteiger partial charge on any atom is 0.237 e. The van der Waals surface area contributed by atoms with Crippen molar-refractivity contribution in [2.45, 2.75) is 30.8 Å². The molecule has 1 unspecified atom stereocenters. The van der Waals surface area contributed by atoms with E-state index in [1.807, 2.05) is 42.0 Å². The summed E-state index contributed by atoms with van der Waals surface area (Å²) in [5, 5.41) is 14.5. The summed E-state index contributed by atoms with van der Waals surface area (Å²) in [5.41, 5.74) is 0.682. The van der Waals surface area contributed by atoms with Gasteiger partial charge in [-0.15, -0.1) is 21.5 Å². The third kappa shape index (κ3) is 4.23. The molecule has 1 aromatic carbocycles. The number of thiophene rings is 1. The van der Waals surface area contributed by atoms with E-state index in [2.05, 4.69) is 15.5 Å². The topological polar surface area (TPSA) is 59.8 Å². The van der Waals surface area contributed by atoms with Crippen molar-refractivity contribution in [2.75, 3.05) is 5.32 Å². The average Bonchev–Trinajstić information content (AvgIpc) is 3.23. The van der Waals surface area contributed by atoms with Gasteiger partial charge >= 0.3 is 0 Å². The van der Waals surface area contributed by atoms with E-state index < -0.39 is 0 Å². The lowest BCUT2D eigenvalue weighted by atomic mass is 10.3. The smallest absolute Gasteiger partial charge is 0.237 e. The fourth-order valence-electron chi connectivity index (χ4n) is 2.27. The zero-order valence-electron chi connectivity index (χ0n) is 13.8. The molecule has 2 heterocycles. The molecule has 8 heteroatoms. The van der Waals surface area contributed by atoms with Crippen LogP contribution in [0.1, 0.15) is 13.8 Å². The van der Waals surface area contributed by atoms with Crippen molar-refractivity contribution in [2.24, 2.45) is 0 Å². The van der Waals surface area contributed by atoms with Gasteiger partial charge in [0.15, 0.2) is 11.0 Å². The van der Waals surface area contributed by atoms with Crippen molar-refractivity contribution in [3.63, 3.8) is 0 Å². The summed E-state index contributed by atoms with van der Waals surface area (Å²) < 4.78 is 2.03. The van der Waals surface area contributed by atoms with E-state index in [0.717, 1.165) is 22.4 Å². The number of nitrogens with zero attached hydrogens (tertiary/aromatic N) is 3. The van der Waals surface area contributed by atoms with Crippen molar-refractivity contribution >= 4 is 46.3 Å². The van der Waals surface area contributed by atoms with Crippen LogP contribution in [0.15, 0.2) is 46.9 Å². The lowest BCUT2D eigenvalue weighted by Crippen LogP contribution is -2.22. The Morgan fingerprint density at radius 3 is 2.88 bits per heavy atom. The van der Waals surface area contributed by atoms with Gasteiger partial charge in [0, 0.05) is 17.3 Å². The molecule has 0 bridgehead atoms. The Labute approximate surface area is 159 Å². The van der Waals surface area contributed by atoms with E-state index in [-0.39, 0.29) is 11.2 Å². The number of halogens is 1. The molecular formula is C17H17ClN4OS2. The van der Waals surface area contributed by atoms with E-state index in [0.29, 0.717) is 10.7 Å². The summed E-state index contributed by atoms with van der Waals surface area (Å²) in [5.74, 6) is 0.734. The van der Waals surface area contributed by atoms with Gasteiger partial charge in [-0.1, -0.05) is 35.5 Å². The SMILES string of the molecule is CCn1c(SC(C)C(=O)Nc2cccc(Cl)c2)nnc1-c1cccs1. The quantitative estimate of drug-likeness (QED) is 0.612. The number of hydrogen-bond donors (Lipinski definition) is 1. The molecule has 1 N–H and O–H groups in total. The first-order chi connectivity index (χ1) is 12.1. The second-order valence-electron chi connectivity index (χ2n) is 5.29. The van der Waals surface area contributed by atoms with Gasteiger partial charge in [-0.25, -0.2) is 0 Å².